The summed E-state index contributed by atoms with van der Waals surface area (Å²) in [5, 5.41) is 9.39. The molecule has 0 aromatic rings. The molecular formula is C10H19NO2. The highest BCUT2D eigenvalue weighted by atomic mass is 16.3. The second-order valence-corrected chi connectivity index (χ2v) is 3.89. The van der Waals surface area contributed by atoms with E-state index < -0.39 is 0 Å². The van der Waals surface area contributed by atoms with Gasteiger partial charge in [-0.05, 0) is 19.3 Å². The fraction of sp³-hybridized carbons (Fsp3) is 0.900. The number of amides is 1. The van der Waals surface area contributed by atoms with Crippen molar-refractivity contribution >= 4 is 5.91 Å². The van der Waals surface area contributed by atoms with Gasteiger partial charge in [0.1, 0.15) is 0 Å². The van der Waals surface area contributed by atoms with Crippen molar-refractivity contribution in [2.75, 3.05) is 13.1 Å². The SMILES string of the molecule is CCC(C)C(=O)N1CCC[C@H](O)C1. The molecule has 0 saturated carbocycles. The van der Waals surface area contributed by atoms with Crippen molar-refractivity contribution in [3.8, 4) is 0 Å². The fourth-order valence-corrected chi connectivity index (χ4v) is 1.64. The molecule has 0 aromatic heterocycles. The Morgan fingerprint density at radius 3 is 2.92 bits per heavy atom. The monoisotopic (exact) mass is 185 g/mol. The fourth-order valence-electron chi connectivity index (χ4n) is 1.64. The molecule has 3 nitrogen and oxygen atoms in total. The van der Waals surface area contributed by atoms with E-state index in [4.69, 9.17) is 0 Å². The summed E-state index contributed by atoms with van der Waals surface area (Å²) >= 11 is 0. The van der Waals surface area contributed by atoms with E-state index in [1.165, 1.54) is 0 Å². The zero-order valence-electron chi connectivity index (χ0n) is 8.49. The Kier molecular flexibility index (Phi) is 3.72. The number of rotatable bonds is 2. The van der Waals surface area contributed by atoms with Crippen LogP contribution in [0.25, 0.3) is 0 Å². The van der Waals surface area contributed by atoms with E-state index in [1.807, 2.05) is 13.8 Å². The van der Waals surface area contributed by atoms with Crippen molar-refractivity contribution in [3.63, 3.8) is 0 Å². The first-order valence-electron chi connectivity index (χ1n) is 5.12. The summed E-state index contributed by atoms with van der Waals surface area (Å²) in [6.45, 7) is 5.32. The highest BCUT2D eigenvalue weighted by molar-refractivity contribution is 5.78. The number of hydrogen-bond acceptors (Lipinski definition) is 2. The minimum Gasteiger partial charge on any atom is -0.391 e. The maximum atomic E-state index is 11.7. The van der Waals surface area contributed by atoms with Gasteiger partial charge in [-0.25, -0.2) is 0 Å². The van der Waals surface area contributed by atoms with Crippen LogP contribution in [0, 0.1) is 5.92 Å². The van der Waals surface area contributed by atoms with Gasteiger partial charge in [-0.1, -0.05) is 13.8 Å². The van der Waals surface area contributed by atoms with Gasteiger partial charge < -0.3 is 10.0 Å². The Hall–Kier alpha value is -0.570. The zero-order valence-corrected chi connectivity index (χ0v) is 8.49. The number of β-amino-alcohol motifs (C(OH)–C–C–N with tert-alkyl or cyclic N) is 1. The van der Waals surface area contributed by atoms with Crippen molar-refractivity contribution in [1.29, 1.82) is 0 Å². The predicted octanol–water partition coefficient (Wildman–Crippen LogP) is 1.02. The van der Waals surface area contributed by atoms with Gasteiger partial charge in [0.2, 0.25) is 5.91 Å². The molecule has 1 aliphatic rings. The Morgan fingerprint density at radius 1 is 1.69 bits per heavy atom. The molecular weight excluding hydrogens is 166 g/mol. The molecule has 0 radical (unpaired) electrons. The number of aliphatic hydroxyl groups excluding tert-OH is 1. The molecule has 1 unspecified atom stereocenters. The lowest BCUT2D eigenvalue weighted by Gasteiger charge is -2.31. The summed E-state index contributed by atoms with van der Waals surface area (Å²) in [6.07, 6.45) is 2.35. The molecule has 0 bridgehead atoms. The van der Waals surface area contributed by atoms with Crippen LogP contribution in [-0.2, 0) is 4.79 Å². The third-order valence-electron chi connectivity index (χ3n) is 2.74. The molecule has 1 N–H and O–H groups in total. The quantitative estimate of drug-likeness (QED) is 0.697. The Balaban J connectivity index is 2.46. The molecule has 2 atom stereocenters. The van der Waals surface area contributed by atoms with E-state index in [1.54, 1.807) is 4.90 Å². The smallest absolute Gasteiger partial charge is 0.225 e. The normalized spacial score (nSPS) is 25.8. The standard InChI is InChI=1S/C10H19NO2/c1-3-8(2)10(13)11-6-4-5-9(12)7-11/h8-9,12H,3-7H2,1-2H3/t8?,9-/m0/s1. The first-order chi connectivity index (χ1) is 6.15. The molecule has 1 aliphatic heterocycles. The van der Waals surface area contributed by atoms with Gasteiger partial charge in [-0.15, -0.1) is 0 Å². The molecule has 0 aliphatic carbocycles. The van der Waals surface area contributed by atoms with Crippen LogP contribution in [0.4, 0.5) is 0 Å². The lowest BCUT2D eigenvalue weighted by Crippen LogP contribution is -2.44. The third kappa shape index (κ3) is 2.69. The average Bonchev–Trinajstić information content (AvgIpc) is 2.15. The van der Waals surface area contributed by atoms with Gasteiger partial charge in [0.15, 0.2) is 0 Å². The van der Waals surface area contributed by atoms with Crippen LogP contribution in [0.1, 0.15) is 33.1 Å². The first kappa shape index (κ1) is 10.5. The summed E-state index contributed by atoms with van der Waals surface area (Å²) in [7, 11) is 0. The Bertz CT molecular complexity index is 182. The minimum atomic E-state index is -0.304. The number of aliphatic hydroxyl groups is 1. The lowest BCUT2D eigenvalue weighted by atomic mass is 10.0. The predicted molar refractivity (Wildman–Crippen MR) is 51.3 cm³/mol. The van der Waals surface area contributed by atoms with Crippen LogP contribution in [0.5, 0.6) is 0 Å². The number of piperidine rings is 1. The van der Waals surface area contributed by atoms with E-state index in [9.17, 15) is 9.90 Å². The molecule has 1 fully saturated rings. The second-order valence-electron chi connectivity index (χ2n) is 3.89. The highest BCUT2D eigenvalue weighted by Crippen LogP contribution is 2.14. The van der Waals surface area contributed by atoms with Crippen molar-refractivity contribution in [3.05, 3.63) is 0 Å². The molecule has 3 heteroatoms. The molecule has 13 heavy (non-hydrogen) atoms. The summed E-state index contributed by atoms with van der Waals surface area (Å²) < 4.78 is 0. The molecule has 1 saturated heterocycles. The molecule has 1 heterocycles. The van der Waals surface area contributed by atoms with E-state index >= 15 is 0 Å². The topological polar surface area (TPSA) is 40.5 Å². The van der Waals surface area contributed by atoms with Crippen LogP contribution in [0.3, 0.4) is 0 Å². The number of carbonyl (C=O) groups excluding carboxylic acids is 1. The van der Waals surface area contributed by atoms with E-state index in [0.717, 1.165) is 25.8 Å². The van der Waals surface area contributed by atoms with Crippen LogP contribution < -0.4 is 0 Å². The number of nitrogens with zero attached hydrogens (tertiary/aromatic N) is 1. The maximum absolute atomic E-state index is 11.7. The average molecular weight is 185 g/mol. The maximum Gasteiger partial charge on any atom is 0.225 e. The minimum absolute atomic E-state index is 0.102. The van der Waals surface area contributed by atoms with Crippen LogP contribution in [-0.4, -0.2) is 35.1 Å². The van der Waals surface area contributed by atoms with E-state index in [2.05, 4.69) is 0 Å². The highest BCUT2D eigenvalue weighted by Gasteiger charge is 2.24. The summed E-state index contributed by atoms with van der Waals surface area (Å²) in [5.41, 5.74) is 0. The van der Waals surface area contributed by atoms with Crippen LogP contribution >= 0.6 is 0 Å². The van der Waals surface area contributed by atoms with Crippen molar-refractivity contribution < 1.29 is 9.90 Å². The van der Waals surface area contributed by atoms with Crippen molar-refractivity contribution in [1.82, 2.24) is 4.90 Å². The van der Waals surface area contributed by atoms with Gasteiger partial charge in [-0.3, -0.25) is 4.79 Å². The zero-order chi connectivity index (χ0) is 9.84. The largest absolute Gasteiger partial charge is 0.391 e. The number of carbonyl (C=O) groups is 1. The molecule has 0 spiro atoms. The van der Waals surface area contributed by atoms with Gasteiger partial charge in [0.05, 0.1) is 6.10 Å². The van der Waals surface area contributed by atoms with Crippen molar-refractivity contribution in [2.45, 2.75) is 39.2 Å². The van der Waals surface area contributed by atoms with Gasteiger partial charge in [-0.2, -0.15) is 0 Å². The third-order valence-corrected chi connectivity index (χ3v) is 2.74. The Morgan fingerprint density at radius 2 is 2.38 bits per heavy atom. The number of hydrogen-bond donors (Lipinski definition) is 1. The van der Waals surface area contributed by atoms with E-state index in [-0.39, 0.29) is 17.9 Å². The Labute approximate surface area is 79.7 Å². The van der Waals surface area contributed by atoms with Gasteiger partial charge in [0.25, 0.3) is 0 Å². The summed E-state index contributed by atoms with van der Waals surface area (Å²) in [5.74, 6) is 0.298. The number of likely N-dealkylation sites (tertiary alicyclic amines) is 1. The van der Waals surface area contributed by atoms with Crippen LogP contribution in [0.2, 0.25) is 0 Å². The van der Waals surface area contributed by atoms with Gasteiger partial charge in [0, 0.05) is 19.0 Å². The molecule has 1 rings (SSSR count). The molecule has 0 aromatic carbocycles. The molecule has 1 amide bonds. The van der Waals surface area contributed by atoms with Crippen molar-refractivity contribution in [2.24, 2.45) is 5.92 Å². The summed E-state index contributed by atoms with van der Waals surface area (Å²) in [6, 6.07) is 0. The lowest BCUT2D eigenvalue weighted by molar-refractivity contribution is -0.138. The van der Waals surface area contributed by atoms with E-state index in [0.29, 0.717) is 6.54 Å². The summed E-state index contributed by atoms with van der Waals surface area (Å²) in [4.78, 5) is 13.5. The molecule has 76 valence electrons. The van der Waals surface area contributed by atoms with Crippen LogP contribution in [0.15, 0.2) is 0 Å². The second kappa shape index (κ2) is 4.61. The first-order valence-corrected chi connectivity index (χ1v) is 5.12. The van der Waals surface area contributed by atoms with Gasteiger partial charge >= 0.3 is 0 Å².